The first kappa shape index (κ1) is 57.4. The van der Waals surface area contributed by atoms with Crippen LogP contribution in [0.1, 0.15) is 297 Å². The molecule has 0 aromatic carbocycles. The number of hydrogen-bond donors (Lipinski definition) is 0. The summed E-state index contributed by atoms with van der Waals surface area (Å²) in [4.78, 5) is 37.9. The van der Waals surface area contributed by atoms with E-state index < -0.39 is 6.10 Å². The van der Waals surface area contributed by atoms with Crippen LogP contribution >= 0.6 is 0 Å². The minimum Gasteiger partial charge on any atom is -0.462 e. The number of carbonyl (C=O) groups is 3. The molecule has 0 radical (unpaired) electrons. The second-order valence-corrected chi connectivity index (χ2v) is 18.6. The maximum absolute atomic E-state index is 12.8. The van der Waals surface area contributed by atoms with Crippen LogP contribution in [0.5, 0.6) is 0 Å². The van der Waals surface area contributed by atoms with Crippen molar-refractivity contribution in [1.82, 2.24) is 0 Å². The highest BCUT2D eigenvalue weighted by atomic mass is 16.6. The minimum atomic E-state index is -0.760. The number of ether oxygens (including phenoxy) is 3. The van der Waals surface area contributed by atoms with Gasteiger partial charge in [0.25, 0.3) is 0 Å². The molecule has 0 N–H and O–H groups in total. The molecule has 0 saturated heterocycles. The summed E-state index contributed by atoms with van der Waals surface area (Å²) < 4.78 is 16.8. The first-order valence-electron chi connectivity index (χ1n) is 26.4. The second-order valence-electron chi connectivity index (χ2n) is 18.6. The maximum atomic E-state index is 12.8. The number of unbranched alkanes of at least 4 members (excludes halogenated alkanes) is 35. The summed E-state index contributed by atoms with van der Waals surface area (Å²) in [5, 5.41) is 0. The quantitative estimate of drug-likeness (QED) is 0.0345. The lowest BCUT2D eigenvalue weighted by atomic mass is 10.0. The van der Waals surface area contributed by atoms with E-state index in [0.29, 0.717) is 19.3 Å². The molecule has 0 unspecified atom stereocenters. The van der Waals surface area contributed by atoms with E-state index in [2.05, 4.69) is 27.7 Å². The summed E-state index contributed by atoms with van der Waals surface area (Å²) in [7, 11) is 0. The van der Waals surface area contributed by atoms with Crippen LogP contribution in [0, 0.1) is 5.92 Å². The van der Waals surface area contributed by atoms with Crippen LogP contribution < -0.4 is 0 Å². The van der Waals surface area contributed by atoms with Crippen molar-refractivity contribution in [2.45, 2.75) is 303 Å². The summed E-state index contributed by atoms with van der Waals surface area (Å²) in [6.45, 7) is 9.02. The predicted molar refractivity (Wildman–Crippen MR) is 252 cm³/mol. The van der Waals surface area contributed by atoms with Crippen LogP contribution in [0.4, 0.5) is 0 Å². The highest BCUT2D eigenvalue weighted by molar-refractivity contribution is 5.71. The zero-order chi connectivity index (χ0) is 43.1. The van der Waals surface area contributed by atoms with Gasteiger partial charge in [-0.05, 0) is 25.2 Å². The third-order valence-corrected chi connectivity index (χ3v) is 12.0. The van der Waals surface area contributed by atoms with E-state index in [1.165, 1.54) is 193 Å². The third kappa shape index (κ3) is 47.3. The van der Waals surface area contributed by atoms with Gasteiger partial charge in [0.1, 0.15) is 13.2 Å². The standard InChI is InChI=1S/C53H102O6/c1-5-7-9-11-13-15-17-18-19-20-21-22-25-30-34-38-42-46-53(56)59-50(47-57-51(54)44-40-36-32-28-16-14-12-10-8-6-2)48-58-52(55)45-41-37-33-29-26-23-24-27-31-35-39-43-49(3)4/h49-50H,5-48H2,1-4H3/t50-/m1/s1. The van der Waals surface area contributed by atoms with E-state index in [1.807, 2.05) is 0 Å². The Hall–Kier alpha value is -1.59. The molecule has 0 spiro atoms. The zero-order valence-corrected chi connectivity index (χ0v) is 40.2. The minimum absolute atomic E-state index is 0.0629. The van der Waals surface area contributed by atoms with Crippen LogP contribution in [-0.4, -0.2) is 37.2 Å². The topological polar surface area (TPSA) is 78.9 Å². The van der Waals surface area contributed by atoms with Crippen molar-refractivity contribution in [2.75, 3.05) is 13.2 Å². The van der Waals surface area contributed by atoms with Crippen molar-refractivity contribution in [3.8, 4) is 0 Å². The Balaban J connectivity index is 4.27. The Morgan fingerprint density at radius 2 is 0.559 bits per heavy atom. The summed E-state index contributed by atoms with van der Waals surface area (Å²) in [5.74, 6) is -0.0177. The van der Waals surface area contributed by atoms with Crippen molar-refractivity contribution in [2.24, 2.45) is 5.92 Å². The Kier molecular flexibility index (Phi) is 46.2. The molecule has 0 aliphatic carbocycles. The number of rotatable bonds is 48. The van der Waals surface area contributed by atoms with Crippen LogP contribution in [0.2, 0.25) is 0 Å². The molecule has 0 aromatic heterocycles. The molecular formula is C53H102O6. The van der Waals surface area contributed by atoms with Crippen LogP contribution in [0.3, 0.4) is 0 Å². The molecule has 0 saturated carbocycles. The lowest BCUT2D eigenvalue weighted by Crippen LogP contribution is -2.30. The summed E-state index contributed by atoms with van der Waals surface area (Å²) in [5.41, 5.74) is 0. The van der Waals surface area contributed by atoms with Crippen LogP contribution in [-0.2, 0) is 28.6 Å². The lowest BCUT2D eigenvalue weighted by molar-refractivity contribution is -0.167. The van der Waals surface area contributed by atoms with Crippen molar-refractivity contribution < 1.29 is 28.6 Å². The molecule has 59 heavy (non-hydrogen) atoms. The lowest BCUT2D eigenvalue weighted by Gasteiger charge is -2.18. The van der Waals surface area contributed by atoms with E-state index in [4.69, 9.17) is 14.2 Å². The summed E-state index contributed by atoms with van der Waals surface area (Å²) in [6, 6.07) is 0. The van der Waals surface area contributed by atoms with Crippen molar-refractivity contribution in [1.29, 1.82) is 0 Å². The molecule has 0 aliphatic heterocycles. The normalized spacial score (nSPS) is 11.9. The Morgan fingerprint density at radius 1 is 0.322 bits per heavy atom. The van der Waals surface area contributed by atoms with Crippen LogP contribution in [0.15, 0.2) is 0 Å². The summed E-state index contributed by atoms with van der Waals surface area (Å²) >= 11 is 0. The number of hydrogen-bond acceptors (Lipinski definition) is 6. The Morgan fingerprint density at radius 3 is 0.831 bits per heavy atom. The van der Waals surface area contributed by atoms with Gasteiger partial charge in [-0.25, -0.2) is 0 Å². The van der Waals surface area contributed by atoms with Gasteiger partial charge in [0.15, 0.2) is 6.10 Å². The van der Waals surface area contributed by atoms with E-state index in [1.54, 1.807) is 0 Å². The number of carbonyl (C=O) groups excluding carboxylic acids is 3. The fraction of sp³-hybridized carbons (Fsp3) is 0.943. The molecule has 0 bridgehead atoms. The van der Waals surface area contributed by atoms with E-state index in [0.717, 1.165) is 63.7 Å². The molecule has 0 amide bonds. The first-order valence-corrected chi connectivity index (χ1v) is 26.4. The molecule has 0 heterocycles. The monoisotopic (exact) mass is 835 g/mol. The highest BCUT2D eigenvalue weighted by Crippen LogP contribution is 2.17. The van der Waals surface area contributed by atoms with Gasteiger partial charge in [0, 0.05) is 19.3 Å². The van der Waals surface area contributed by atoms with E-state index in [9.17, 15) is 14.4 Å². The largest absolute Gasteiger partial charge is 0.462 e. The molecule has 6 nitrogen and oxygen atoms in total. The third-order valence-electron chi connectivity index (χ3n) is 12.0. The fourth-order valence-corrected chi connectivity index (χ4v) is 8.04. The molecule has 1 atom stereocenters. The first-order chi connectivity index (χ1) is 28.9. The smallest absolute Gasteiger partial charge is 0.306 e. The van der Waals surface area contributed by atoms with Crippen molar-refractivity contribution >= 4 is 17.9 Å². The second kappa shape index (κ2) is 47.5. The van der Waals surface area contributed by atoms with Gasteiger partial charge in [-0.3, -0.25) is 14.4 Å². The zero-order valence-electron chi connectivity index (χ0n) is 40.2. The fourth-order valence-electron chi connectivity index (χ4n) is 8.04. The Bertz CT molecular complexity index is 887. The maximum Gasteiger partial charge on any atom is 0.306 e. The SMILES string of the molecule is CCCCCCCCCCCCCCCCCCCC(=O)O[C@H](COC(=O)CCCCCCCCCCCC)COC(=O)CCCCCCCCCCCCCC(C)C. The van der Waals surface area contributed by atoms with Crippen molar-refractivity contribution in [3.63, 3.8) is 0 Å². The van der Waals surface area contributed by atoms with Crippen molar-refractivity contribution in [3.05, 3.63) is 0 Å². The molecule has 0 rings (SSSR count). The molecule has 0 fully saturated rings. The van der Waals surface area contributed by atoms with Gasteiger partial charge in [-0.15, -0.1) is 0 Å². The highest BCUT2D eigenvalue weighted by Gasteiger charge is 2.19. The molecule has 6 heteroatoms. The van der Waals surface area contributed by atoms with Gasteiger partial charge >= 0.3 is 17.9 Å². The molecule has 0 aliphatic rings. The van der Waals surface area contributed by atoms with Gasteiger partial charge in [-0.1, -0.05) is 259 Å². The van der Waals surface area contributed by atoms with Gasteiger partial charge in [-0.2, -0.15) is 0 Å². The molecule has 350 valence electrons. The number of esters is 3. The average Bonchev–Trinajstić information content (AvgIpc) is 3.22. The molecule has 0 aromatic rings. The average molecular weight is 835 g/mol. The Labute approximate surface area is 368 Å². The summed E-state index contributed by atoms with van der Waals surface area (Å²) in [6.07, 6.45) is 49.4. The van der Waals surface area contributed by atoms with E-state index >= 15 is 0 Å². The van der Waals surface area contributed by atoms with Gasteiger partial charge in [0.2, 0.25) is 0 Å². The molecular weight excluding hydrogens is 733 g/mol. The van der Waals surface area contributed by atoms with Gasteiger partial charge in [0.05, 0.1) is 0 Å². The predicted octanol–water partition coefficient (Wildman–Crippen LogP) is 17.1. The van der Waals surface area contributed by atoms with E-state index in [-0.39, 0.29) is 31.1 Å². The van der Waals surface area contributed by atoms with Crippen LogP contribution in [0.25, 0.3) is 0 Å². The van der Waals surface area contributed by atoms with Gasteiger partial charge < -0.3 is 14.2 Å².